The van der Waals surface area contributed by atoms with E-state index < -0.39 is 0 Å². The molecule has 3 nitrogen and oxygen atoms in total. The lowest BCUT2D eigenvalue weighted by atomic mass is 10.1. The van der Waals surface area contributed by atoms with Gasteiger partial charge in [-0.2, -0.15) is 0 Å². The number of nitrogens with two attached hydrogens (primary N) is 1. The van der Waals surface area contributed by atoms with E-state index in [2.05, 4.69) is 5.32 Å². The number of phenolic OH excluding ortho intramolecular Hbond substituents is 1. The molecule has 2 aromatic rings. The van der Waals surface area contributed by atoms with Crippen molar-refractivity contribution in [1.29, 1.82) is 0 Å². The van der Waals surface area contributed by atoms with Gasteiger partial charge in [0.1, 0.15) is 5.75 Å². The standard InChI is InChI=1S/C13H13ClN2O/c14-10-1-4-12(5-2-10)16-8-9-7-11(15)3-6-13(9)17/h1-7,16-17H,8,15H2. The molecule has 0 unspecified atom stereocenters. The van der Waals surface area contributed by atoms with Crippen molar-refractivity contribution in [3.8, 4) is 5.75 Å². The topological polar surface area (TPSA) is 58.3 Å². The number of hydrogen-bond acceptors (Lipinski definition) is 3. The van der Waals surface area contributed by atoms with Crippen molar-refractivity contribution >= 4 is 23.0 Å². The fraction of sp³-hybridized carbons (Fsp3) is 0.0769. The van der Waals surface area contributed by atoms with E-state index in [0.717, 1.165) is 11.3 Å². The maximum Gasteiger partial charge on any atom is 0.120 e. The molecule has 0 saturated heterocycles. The molecule has 17 heavy (non-hydrogen) atoms. The quantitative estimate of drug-likeness (QED) is 0.577. The minimum atomic E-state index is 0.237. The zero-order valence-corrected chi connectivity index (χ0v) is 9.91. The highest BCUT2D eigenvalue weighted by molar-refractivity contribution is 6.30. The van der Waals surface area contributed by atoms with Gasteiger partial charge in [-0.3, -0.25) is 0 Å². The van der Waals surface area contributed by atoms with E-state index in [1.807, 2.05) is 24.3 Å². The van der Waals surface area contributed by atoms with Crippen molar-refractivity contribution in [3.05, 3.63) is 53.1 Å². The molecule has 0 aromatic heterocycles. The lowest BCUT2D eigenvalue weighted by Crippen LogP contribution is -2.00. The van der Waals surface area contributed by atoms with Crippen LogP contribution in [0.4, 0.5) is 11.4 Å². The van der Waals surface area contributed by atoms with Crippen LogP contribution in [0.2, 0.25) is 5.02 Å². The number of aromatic hydroxyl groups is 1. The predicted octanol–water partition coefficient (Wildman–Crippen LogP) is 3.24. The van der Waals surface area contributed by atoms with Crippen LogP contribution >= 0.6 is 11.6 Å². The third-order valence-corrected chi connectivity index (χ3v) is 2.68. The summed E-state index contributed by atoms with van der Waals surface area (Å²) < 4.78 is 0. The molecule has 0 aliphatic rings. The van der Waals surface area contributed by atoms with E-state index >= 15 is 0 Å². The number of nitrogens with one attached hydrogen (secondary N) is 1. The summed E-state index contributed by atoms with van der Waals surface area (Å²) in [7, 11) is 0. The SMILES string of the molecule is Nc1ccc(O)c(CNc2ccc(Cl)cc2)c1. The molecule has 4 N–H and O–H groups in total. The second-order valence-electron chi connectivity index (χ2n) is 3.75. The second-order valence-corrected chi connectivity index (χ2v) is 4.19. The molecule has 0 amide bonds. The molecule has 4 heteroatoms. The van der Waals surface area contributed by atoms with E-state index in [-0.39, 0.29) is 5.75 Å². The summed E-state index contributed by atoms with van der Waals surface area (Å²) in [6.07, 6.45) is 0. The van der Waals surface area contributed by atoms with Gasteiger partial charge in [0, 0.05) is 28.5 Å². The molecule has 2 rings (SSSR count). The summed E-state index contributed by atoms with van der Waals surface area (Å²) in [5.41, 5.74) is 8.00. The van der Waals surface area contributed by atoms with E-state index in [0.29, 0.717) is 17.3 Å². The highest BCUT2D eigenvalue weighted by Gasteiger charge is 2.01. The third kappa shape index (κ3) is 3.04. The average molecular weight is 249 g/mol. The van der Waals surface area contributed by atoms with Gasteiger partial charge in [-0.05, 0) is 42.5 Å². The van der Waals surface area contributed by atoms with Gasteiger partial charge in [0.25, 0.3) is 0 Å². The van der Waals surface area contributed by atoms with Gasteiger partial charge >= 0.3 is 0 Å². The first-order valence-electron chi connectivity index (χ1n) is 5.22. The molecule has 88 valence electrons. The second kappa shape index (κ2) is 4.97. The molecule has 0 radical (unpaired) electrons. The summed E-state index contributed by atoms with van der Waals surface area (Å²) in [4.78, 5) is 0. The molecule has 0 heterocycles. The molecule has 0 aliphatic carbocycles. The lowest BCUT2D eigenvalue weighted by molar-refractivity contribution is 0.469. The number of phenols is 1. The van der Waals surface area contributed by atoms with E-state index in [1.54, 1.807) is 18.2 Å². The molecule has 0 saturated carbocycles. The van der Waals surface area contributed by atoms with Crippen LogP contribution in [0.1, 0.15) is 5.56 Å². The van der Waals surface area contributed by atoms with Crippen molar-refractivity contribution in [3.63, 3.8) is 0 Å². The van der Waals surface area contributed by atoms with Gasteiger partial charge in [-0.1, -0.05) is 11.6 Å². The third-order valence-electron chi connectivity index (χ3n) is 2.43. The minimum absolute atomic E-state index is 0.237. The Balaban J connectivity index is 2.07. The van der Waals surface area contributed by atoms with Crippen LogP contribution in [0.5, 0.6) is 5.75 Å². The van der Waals surface area contributed by atoms with Crippen molar-refractivity contribution in [2.24, 2.45) is 0 Å². The minimum Gasteiger partial charge on any atom is -0.508 e. The zero-order chi connectivity index (χ0) is 12.3. The Morgan fingerprint density at radius 3 is 2.53 bits per heavy atom. The van der Waals surface area contributed by atoms with Crippen LogP contribution < -0.4 is 11.1 Å². The number of hydrogen-bond donors (Lipinski definition) is 3. The monoisotopic (exact) mass is 248 g/mol. The average Bonchev–Trinajstić information content (AvgIpc) is 2.32. The molecule has 0 bridgehead atoms. The number of anilines is 2. The van der Waals surface area contributed by atoms with Crippen LogP contribution in [-0.4, -0.2) is 5.11 Å². The van der Waals surface area contributed by atoms with Crippen LogP contribution in [0.15, 0.2) is 42.5 Å². The molecule has 0 fully saturated rings. The van der Waals surface area contributed by atoms with Gasteiger partial charge in [-0.15, -0.1) is 0 Å². The Kier molecular flexibility index (Phi) is 3.40. The maximum absolute atomic E-state index is 9.64. The zero-order valence-electron chi connectivity index (χ0n) is 9.15. The fourth-order valence-electron chi connectivity index (χ4n) is 1.51. The van der Waals surface area contributed by atoms with Crippen LogP contribution in [0.3, 0.4) is 0 Å². The summed E-state index contributed by atoms with van der Waals surface area (Å²) in [6.45, 7) is 0.512. The van der Waals surface area contributed by atoms with Gasteiger partial charge < -0.3 is 16.2 Å². The predicted molar refractivity (Wildman–Crippen MR) is 71.3 cm³/mol. The van der Waals surface area contributed by atoms with Crippen LogP contribution in [-0.2, 0) is 6.54 Å². The Hall–Kier alpha value is -1.87. The van der Waals surface area contributed by atoms with Crippen molar-refractivity contribution < 1.29 is 5.11 Å². The Labute approximate surface area is 105 Å². The molecule has 0 atom stereocenters. The van der Waals surface area contributed by atoms with Gasteiger partial charge in [-0.25, -0.2) is 0 Å². The summed E-state index contributed by atoms with van der Waals surface area (Å²) >= 11 is 5.79. The molecule has 0 spiro atoms. The maximum atomic E-state index is 9.64. The molecule has 0 aliphatic heterocycles. The first-order valence-corrected chi connectivity index (χ1v) is 5.60. The largest absolute Gasteiger partial charge is 0.508 e. The molecular formula is C13H13ClN2O. The van der Waals surface area contributed by atoms with Gasteiger partial charge in [0.05, 0.1) is 0 Å². The van der Waals surface area contributed by atoms with Crippen LogP contribution in [0, 0.1) is 0 Å². The van der Waals surface area contributed by atoms with E-state index in [1.165, 1.54) is 0 Å². The van der Waals surface area contributed by atoms with E-state index in [4.69, 9.17) is 17.3 Å². The Morgan fingerprint density at radius 2 is 1.82 bits per heavy atom. The van der Waals surface area contributed by atoms with Crippen molar-refractivity contribution in [1.82, 2.24) is 0 Å². The highest BCUT2D eigenvalue weighted by atomic mass is 35.5. The Morgan fingerprint density at radius 1 is 1.12 bits per heavy atom. The van der Waals surface area contributed by atoms with Crippen molar-refractivity contribution in [2.75, 3.05) is 11.1 Å². The Bertz CT molecular complexity index is 511. The van der Waals surface area contributed by atoms with Crippen molar-refractivity contribution in [2.45, 2.75) is 6.54 Å². The number of nitrogen functional groups attached to an aromatic ring is 1. The summed E-state index contributed by atoms with van der Waals surface area (Å²) in [5, 5.41) is 13.5. The molecular weight excluding hydrogens is 236 g/mol. The summed E-state index contributed by atoms with van der Waals surface area (Å²) in [6, 6.07) is 12.4. The van der Waals surface area contributed by atoms with Gasteiger partial charge in [0.15, 0.2) is 0 Å². The number of halogens is 1. The van der Waals surface area contributed by atoms with E-state index in [9.17, 15) is 5.11 Å². The molecule has 2 aromatic carbocycles. The summed E-state index contributed by atoms with van der Waals surface area (Å²) in [5.74, 6) is 0.237. The smallest absolute Gasteiger partial charge is 0.120 e. The number of benzene rings is 2. The first kappa shape index (κ1) is 11.6. The number of rotatable bonds is 3. The highest BCUT2D eigenvalue weighted by Crippen LogP contribution is 2.21. The van der Waals surface area contributed by atoms with Crippen LogP contribution in [0.25, 0.3) is 0 Å². The van der Waals surface area contributed by atoms with Gasteiger partial charge in [0.2, 0.25) is 0 Å². The lowest BCUT2D eigenvalue weighted by Gasteiger charge is -2.09. The fourth-order valence-corrected chi connectivity index (χ4v) is 1.64. The normalized spacial score (nSPS) is 10.2. The first-order chi connectivity index (χ1) is 8.15.